The SMILES string of the molecule is CCOC(=O)C(Br)(Br)Cc1ccccc1. The first-order chi connectivity index (χ1) is 7.06. The third kappa shape index (κ3) is 3.95. The zero-order chi connectivity index (χ0) is 11.3. The summed E-state index contributed by atoms with van der Waals surface area (Å²) in [4.78, 5) is 11.6. The lowest BCUT2D eigenvalue weighted by molar-refractivity contribution is -0.143. The van der Waals surface area contributed by atoms with Crippen molar-refractivity contribution in [3.05, 3.63) is 35.9 Å². The summed E-state index contributed by atoms with van der Waals surface area (Å²) in [6.07, 6.45) is 0.548. The van der Waals surface area contributed by atoms with Crippen LogP contribution in [-0.4, -0.2) is 15.8 Å². The van der Waals surface area contributed by atoms with Crippen molar-refractivity contribution in [2.24, 2.45) is 0 Å². The molecule has 4 heteroatoms. The summed E-state index contributed by atoms with van der Waals surface area (Å²) in [5, 5.41) is 0. The second kappa shape index (κ2) is 5.66. The molecule has 1 rings (SSSR count). The van der Waals surface area contributed by atoms with E-state index in [1.807, 2.05) is 30.3 Å². The highest BCUT2D eigenvalue weighted by Crippen LogP contribution is 2.32. The maximum Gasteiger partial charge on any atom is 0.334 e. The van der Waals surface area contributed by atoms with Gasteiger partial charge in [-0.2, -0.15) is 0 Å². The zero-order valence-corrected chi connectivity index (χ0v) is 11.5. The number of ether oxygens (including phenoxy) is 1. The van der Waals surface area contributed by atoms with Gasteiger partial charge in [-0.25, -0.2) is 4.79 Å². The maximum absolute atomic E-state index is 11.6. The molecular weight excluding hydrogens is 324 g/mol. The van der Waals surface area contributed by atoms with Crippen molar-refractivity contribution in [1.29, 1.82) is 0 Å². The minimum Gasteiger partial charge on any atom is -0.464 e. The molecule has 0 unspecified atom stereocenters. The minimum absolute atomic E-state index is 0.297. The number of carbonyl (C=O) groups excluding carboxylic acids is 1. The van der Waals surface area contributed by atoms with Gasteiger partial charge in [-0.3, -0.25) is 0 Å². The van der Waals surface area contributed by atoms with Gasteiger partial charge in [-0.15, -0.1) is 0 Å². The fourth-order valence-corrected chi connectivity index (χ4v) is 2.04. The Balaban J connectivity index is 2.68. The molecule has 0 saturated heterocycles. The smallest absolute Gasteiger partial charge is 0.334 e. The Labute approximate surface area is 106 Å². The fraction of sp³-hybridized carbons (Fsp3) is 0.364. The molecule has 0 aliphatic carbocycles. The largest absolute Gasteiger partial charge is 0.464 e. The van der Waals surface area contributed by atoms with Crippen LogP contribution < -0.4 is 0 Å². The van der Waals surface area contributed by atoms with Gasteiger partial charge in [0.1, 0.15) is 0 Å². The van der Waals surface area contributed by atoms with Crippen LogP contribution in [0, 0.1) is 0 Å². The predicted molar refractivity (Wildman–Crippen MR) is 67.4 cm³/mol. The summed E-state index contributed by atoms with van der Waals surface area (Å²) in [5.74, 6) is -0.297. The zero-order valence-electron chi connectivity index (χ0n) is 8.37. The number of benzene rings is 1. The summed E-state index contributed by atoms with van der Waals surface area (Å²) in [6, 6.07) is 9.76. The van der Waals surface area contributed by atoms with Gasteiger partial charge in [-0.05, 0) is 12.5 Å². The first kappa shape index (κ1) is 12.7. The molecule has 0 saturated carbocycles. The van der Waals surface area contributed by atoms with Gasteiger partial charge in [0.05, 0.1) is 6.61 Å². The number of esters is 1. The molecule has 0 aliphatic heterocycles. The standard InChI is InChI=1S/C11H12Br2O2/c1-2-15-10(14)11(12,13)8-9-6-4-3-5-7-9/h3-7H,2,8H2,1H3. The van der Waals surface area contributed by atoms with Crippen molar-refractivity contribution in [2.75, 3.05) is 6.61 Å². The summed E-state index contributed by atoms with van der Waals surface area (Å²) in [7, 11) is 0. The summed E-state index contributed by atoms with van der Waals surface area (Å²) in [6.45, 7) is 2.17. The van der Waals surface area contributed by atoms with Gasteiger partial charge in [-0.1, -0.05) is 62.2 Å². The second-order valence-corrected chi connectivity index (χ2v) is 6.86. The van der Waals surface area contributed by atoms with Crippen LogP contribution in [-0.2, 0) is 16.0 Å². The lowest BCUT2D eigenvalue weighted by atomic mass is 10.1. The highest BCUT2D eigenvalue weighted by molar-refractivity contribution is 9.25. The Morgan fingerprint density at radius 1 is 1.33 bits per heavy atom. The van der Waals surface area contributed by atoms with Gasteiger partial charge in [0.25, 0.3) is 0 Å². The second-order valence-electron chi connectivity index (χ2n) is 3.09. The topological polar surface area (TPSA) is 26.3 Å². The Morgan fingerprint density at radius 3 is 2.47 bits per heavy atom. The quantitative estimate of drug-likeness (QED) is 0.623. The normalized spacial score (nSPS) is 11.1. The number of rotatable bonds is 4. The van der Waals surface area contributed by atoms with Gasteiger partial charge in [0, 0.05) is 6.42 Å². The average Bonchev–Trinajstić information content (AvgIpc) is 2.19. The van der Waals surface area contributed by atoms with Crippen LogP contribution in [0.3, 0.4) is 0 Å². The van der Waals surface area contributed by atoms with Crippen LogP contribution in [0.5, 0.6) is 0 Å². The molecule has 15 heavy (non-hydrogen) atoms. The van der Waals surface area contributed by atoms with Gasteiger partial charge in [0.2, 0.25) is 0 Å². The summed E-state index contributed by atoms with van der Waals surface area (Å²) < 4.78 is 4.12. The molecule has 0 atom stereocenters. The van der Waals surface area contributed by atoms with E-state index in [1.165, 1.54) is 0 Å². The van der Waals surface area contributed by atoms with E-state index in [-0.39, 0.29) is 5.97 Å². The monoisotopic (exact) mass is 334 g/mol. The van der Waals surface area contributed by atoms with Crippen LogP contribution in [0.4, 0.5) is 0 Å². The van der Waals surface area contributed by atoms with Crippen molar-refractivity contribution >= 4 is 37.8 Å². The van der Waals surface area contributed by atoms with Gasteiger partial charge < -0.3 is 4.74 Å². The number of alkyl halides is 2. The first-order valence-electron chi connectivity index (χ1n) is 4.65. The molecule has 82 valence electrons. The van der Waals surface area contributed by atoms with E-state index < -0.39 is 3.23 Å². The van der Waals surface area contributed by atoms with Crippen LogP contribution in [0.15, 0.2) is 30.3 Å². The minimum atomic E-state index is -0.822. The number of hydrogen-bond donors (Lipinski definition) is 0. The van der Waals surface area contributed by atoms with E-state index in [0.29, 0.717) is 13.0 Å². The Bertz CT molecular complexity index is 323. The van der Waals surface area contributed by atoms with E-state index in [9.17, 15) is 4.79 Å². The van der Waals surface area contributed by atoms with Crippen LogP contribution >= 0.6 is 31.9 Å². The molecule has 2 nitrogen and oxygen atoms in total. The van der Waals surface area contributed by atoms with E-state index in [4.69, 9.17) is 4.74 Å². The van der Waals surface area contributed by atoms with Crippen molar-refractivity contribution in [3.63, 3.8) is 0 Å². The summed E-state index contributed by atoms with van der Waals surface area (Å²) >= 11 is 6.65. The van der Waals surface area contributed by atoms with Crippen molar-refractivity contribution < 1.29 is 9.53 Å². The fourth-order valence-electron chi connectivity index (χ4n) is 1.16. The molecule has 0 fully saturated rings. The third-order valence-corrected chi connectivity index (χ3v) is 3.05. The molecule has 0 aromatic heterocycles. The van der Waals surface area contributed by atoms with Crippen LogP contribution in [0.1, 0.15) is 12.5 Å². The third-order valence-electron chi connectivity index (χ3n) is 1.84. The molecule has 0 bridgehead atoms. The molecule has 0 N–H and O–H groups in total. The number of hydrogen-bond acceptors (Lipinski definition) is 2. The van der Waals surface area contributed by atoms with Crippen molar-refractivity contribution in [2.45, 2.75) is 16.6 Å². The Hall–Kier alpha value is -0.350. The van der Waals surface area contributed by atoms with Crippen molar-refractivity contribution in [3.8, 4) is 0 Å². The van der Waals surface area contributed by atoms with Crippen LogP contribution in [0.2, 0.25) is 0 Å². The number of carbonyl (C=O) groups is 1. The number of halogens is 2. The highest BCUT2D eigenvalue weighted by atomic mass is 79.9. The lowest BCUT2D eigenvalue weighted by Crippen LogP contribution is -2.29. The molecule has 0 aliphatic rings. The lowest BCUT2D eigenvalue weighted by Gasteiger charge is -2.18. The highest BCUT2D eigenvalue weighted by Gasteiger charge is 2.34. The first-order valence-corrected chi connectivity index (χ1v) is 6.24. The van der Waals surface area contributed by atoms with E-state index in [2.05, 4.69) is 31.9 Å². The van der Waals surface area contributed by atoms with Crippen molar-refractivity contribution in [1.82, 2.24) is 0 Å². The van der Waals surface area contributed by atoms with Crippen LogP contribution in [0.25, 0.3) is 0 Å². The summed E-state index contributed by atoms with van der Waals surface area (Å²) in [5.41, 5.74) is 1.07. The van der Waals surface area contributed by atoms with E-state index >= 15 is 0 Å². The van der Waals surface area contributed by atoms with Gasteiger partial charge in [0.15, 0.2) is 3.23 Å². The molecule has 0 amide bonds. The molecule has 0 spiro atoms. The Kier molecular flexibility index (Phi) is 4.80. The molecule has 0 heterocycles. The Morgan fingerprint density at radius 2 is 1.93 bits per heavy atom. The maximum atomic E-state index is 11.6. The molecule has 0 radical (unpaired) electrons. The molecule has 1 aromatic carbocycles. The molecule has 1 aromatic rings. The average molecular weight is 336 g/mol. The van der Waals surface area contributed by atoms with Gasteiger partial charge >= 0.3 is 5.97 Å². The predicted octanol–water partition coefficient (Wildman–Crippen LogP) is 3.28. The van der Waals surface area contributed by atoms with E-state index in [1.54, 1.807) is 6.92 Å². The molecular formula is C11H12Br2O2. The van der Waals surface area contributed by atoms with E-state index in [0.717, 1.165) is 5.56 Å².